The normalized spacial score (nSPS) is 20.6. The predicted molar refractivity (Wildman–Crippen MR) is 93.1 cm³/mol. The second-order valence-electron chi connectivity index (χ2n) is 6.94. The molecule has 0 unspecified atom stereocenters. The molecule has 0 bridgehead atoms. The third-order valence-electron chi connectivity index (χ3n) is 4.53. The molecular formula is C19H32N2O. The lowest BCUT2D eigenvalue weighted by Gasteiger charge is -2.42. The van der Waals surface area contributed by atoms with Crippen LogP contribution in [0.4, 0.5) is 0 Å². The fourth-order valence-electron chi connectivity index (χ4n) is 3.44. The Morgan fingerprint density at radius 1 is 1.18 bits per heavy atom. The molecule has 1 fully saturated rings. The maximum absolute atomic E-state index is 9.34. The van der Waals surface area contributed by atoms with Gasteiger partial charge >= 0.3 is 0 Å². The van der Waals surface area contributed by atoms with Crippen molar-refractivity contribution in [1.82, 2.24) is 9.80 Å². The van der Waals surface area contributed by atoms with Gasteiger partial charge in [-0.3, -0.25) is 4.90 Å². The van der Waals surface area contributed by atoms with Gasteiger partial charge in [0.1, 0.15) is 0 Å². The summed E-state index contributed by atoms with van der Waals surface area (Å²) in [6, 6.07) is 11.3. The summed E-state index contributed by atoms with van der Waals surface area (Å²) in [5.74, 6) is 0.700. The fraction of sp³-hybridized carbons (Fsp3) is 0.684. The molecule has 1 N–H and O–H groups in total. The van der Waals surface area contributed by atoms with Crippen molar-refractivity contribution < 1.29 is 5.11 Å². The molecule has 1 heterocycles. The second-order valence-corrected chi connectivity index (χ2v) is 6.94. The van der Waals surface area contributed by atoms with Gasteiger partial charge in [-0.05, 0) is 37.3 Å². The van der Waals surface area contributed by atoms with Crippen LogP contribution in [-0.2, 0) is 6.42 Å². The van der Waals surface area contributed by atoms with E-state index in [9.17, 15) is 5.11 Å². The van der Waals surface area contributed by atoms with Crippen molar-refractivity contribution in [2.45, 2.75) is 39.2 Å². The molecule has 124 valence electrons. The average molecular weight is 304 g/mol. The van der Waals surface area contributed by atoms with Crippen LogP contribution in [0, 0.1) is 5.92 Å². The van der Waals surface area contributed by atoms with E-state index in [4.69, 9.17) is 0 Å². The zero-order valence-corrected chi connectivity index (χ0v) is 14.2. The van der Waals surface area contributed by atoms with E-state index in [1.807, 2.05) is 0 Å². The molecule has 1 aromatic carbocycles. The first kappa shape index (κ1) is 17.5. The maximum Gasteiger partial charge on any atom is 0.0446 e. The molecule has 1 aliphatic heterocycles. The van der Waals surface area contributed by atoms with E-state index in [0.717, 1.165) is 32.5 Å². The number of rotatable bonds is 8. The highest BCUT2D eigenvalue weighted by atomic mass is 16.3. The Morgan fingerprint density at radius 3 is 2.64 bits per heavy atom. The Labute approximate surface area is 135 Å². The number of piperazine rings is 1. The first-order valence-corrected chi connectivity index (χ1v) is 8.80. The molecule has 1 aliphatic rings. The van der Waals surface area contributed by atoms with Crippen molar-refractivity contribution in [2.75, 3.05) is 39.3 Å². The molecule has 0 aromatic heterocycles. The number of aryl methyl sites for hydroxylation is 1. The first-order chi connectivity index (χ1) is 10.7. The van der Waals surface area contributed by atoms with Crippen LogP contribution in [0.1, 0.15) is 32.3 Å². The minimum Gasteiger partial charge on any atom is -0.396 e. The van der Waals surface area contributed by atoms with Gasteiger partial charge in [0.2, 0.25) is 0 Å². The summed E-state index contributed by atoms with van der Waals surface area (Å²) in [5, 5.41) is 9.34. The minimum absolute atomic E-state index is 0.303. The number of hydrogen-bond acceptors (Lipinski definition) is 3. The van der Waals surface area contributed by atoms with Crippen LogP contribution in [-0.4, -0.2) is 60.3 Å². The monoisotopic (exact) mass is 304 g/mol. The van der Waals surface area contributed by atoms with Gasteiger partial charge in [-0.1, -0.05) is 44.2 Å². The molecule has 3 heteroatoms. The largest absolute Gasteiger partial charge is 0.396 e. The Hall–Kier alpha value is -0.900. The van der Waals surface area contributed by atoms with Crippen molar-refractivity contribution in [1.29, 1.82) is 0 Å². The lowest BCUT2D eigenvalue weighted by Crippen LogP contribution is -2.54. The lowest BCUT2D eigenvalue weighted by atomic mass is 10.0. The Bertz CT molecular complexity index is 407. The summed E-state index contributed by atoms with van der Waals surface area (Å²) in [5.41, 5.74) is 1.44. The number of aliphatic hydroxyl groups is 1. The maximum atomic E-state index is 9.34. The summed E-state index contributed by atoms with van der Waals surface area (Å²) in [6.45, 7) is 10.6. The summed E-state index contributed by atoms with van der Waals surface area (Å²) in [4.78, 5) is 5.16. The molecule has 0 radical (unpaired) electrons. The SMILES string of the molecule is CC(C)CN1CCN(CCCc2ccccc2)C[C@H]1CCO. The number of hydrogen-bond donors (Lipinski definition) is 1. The molecule has 1 saturated heterocycles. The van der Waals surface area contributed by atoms with Crippen molar-refractivity contribution >= 4 is 0 Å². The van der Waals surface area contributed by atoms with Crippen molar-refractivity contribution in [3.8, 4) is 0 Å². The van der Waals surface area contributed by atoms with Gasteiger partial charge < -0.3 is 10.0 Å². The van der Waals surface area contributed by atoms with Gasteiger partial charge in [-0.15, -0.1) is 0 Å². The number of benzene rings is 1. The molecule has 0 saturated carbocycles. The lowest BCUT2D eigenvalue weighted by molar-refractivity contribution is 0.0509. The smallest absolute Gasteiger partial charge is 0.0446 e. The molecule has 2 rings (SSSR count). The number of nitrogens with zero attached hydrogens (tertiary/aromatic N) is 2. The van der Waals surface area contributed by atoms with Crippen LogP contribution in [0.25, 0.3) is 0 Å². The van der Waals surface area contributed by atoms with Crippen LogP contribution in [0.15, 0.2) is 30.3 Å². The topological polar surface area (TPSA) is 26.7 Å². The van der Waals surface area contributed by atoms with Crippen LogP contribution in [0.2, 0.25) is 0 Å². The van der Waals surface area contributed by atoms with Crippen LogP contribution < -0.4 is 0 Å². The second kappa shape index (κ2) is 9.29. The van der Waals surface area contributed by atoms with Gasteiger partial charge in [0, 0.05) is 38.8 Å². The molecule has 0 amide bonds. The predicted octanol–water partition coefficient (Wildman–Crippen LogP) is 2.64. The highest BCUT2D eigenvalue weighted by Crippen LogP contribution is 2.15. The highest BCUT2D eigenvalue weighted by molar-refractivity contribution is 5.14. The zero-order chi connectivity index (χ0) is 15.8. The van der Waals surface area contributed by atoms with Gasteiger partial charge in [0.15, 0.2) is 0 Å². The zero-order valence-electron chi connectivity index (χ0n) is 14.2. The quantitative estimate of drug-likeness (QED) is 0.800. The Kier molecular flexibility index (Phi) is 7.37. The van der Waals surface area contributed by atoms with Crippen molar-refractivity contribution in [3.05, 3.63) is 35.9 Å². The molecule has 3 nitrogen and oxygen atoms in total. The summed E-state index contributed by atoms with van der Waals surface area (Å²) < 4.78 is 0. The van der Waals surface area contributed by atoms with Crippen LogP contribution in [0.3, 0.4) is 0 Å². The standard InChI is InChI=1S/C19H32N2O/c1-17(2)15-21-13-12-20(16-19(21)10-14-22)11-6-9-18-7-4-3-5-8-18/h3-5,7-8,17,19,22H,6,9-16H2,1-2H3/t19-/m1/s1. The first-order valence-electron chi connectivity index (χ1n) is 8.80. The molecule has 0 aliphatic carbocycles. The van der Waals surface area contributed by atoms with Gasteiger partial charge in [0.25, 0.3) is 0 Å². The van der Waals surface area contributed by atoms with E-state index in [0.29, 0.717) is 18.6 Å². The van der Waals surface area contributed by atoms with Crippen molar-refractivity contribution in [3.63, 3.8) is 0 Å². The van der Waals surface area contributed by atoms with Gasteiger partial charge in [-0.2, -0.15) is 0 Å². The van der Waals surface area contributed by atoms with E-state index in [1.54, 1.807) is 0 Å². The molecule has 0 spiro atoms. The summed E-state index contributed by atoms with van der Waals surface area (Å²) >= 11 is 0. The van der Waals surface area contributed by atoms with Crippen LogP contribution >= 0.6 is 0 Å². The third kappa shape index (κ3) is 5.71. The van der Waals surface area contributed by atoms with E-state index in [2.05, 4.69) is 54.0 Å². The fourth-order valence-corrected chi connectivity index (χ4v) is 3.44. The molecular weight excluding hydrogens is 272 g/mol. The van der Waals surface area contributed by atoms with Gasteiger partial charge in [-0.25, -0.2) is 0 Å². The van der Waals surface area contributed by atoms with Crippen LogP contribution in [0.5, 0.6) is 0 Å². The molecule has 1 atom stereocenters. The van der Waals surface area contributed by atoms with E-state index >= 15 is 0 Å². The summed E-state index contributed by atoms with van der Waals surface area (Å²) in [6.07, 6.45) is 3.29. The van der Waals surface area contributed by atoms with E-state index < -0.39 is 0 Å². The Morgan fingerprint density at radius 2 is 1.95 bits per heavy atom. The van der Waals surface area contributed by atoms with E-state index in [-0.39, 0.29) is 0 Å². The van der Waals surface area contributed by atoms with Gasteiger partial charge in [0.05, 0.1) is 0 Å². The van der Waals surface area contributed by atoms with Crippen molar-refractivity contribution in [2.24, 2.45) is 5.92 Å². The third-order valence-corrected chi connectivity index (χ3v) is 4.53. The minimum atomic E-state index is 0.303. The summed E-state index contributed by atoms with van der Waals surface area (Å²) in [7, 11) is 0. The highest BCUT2D eigenvalue weighted by Gasteiger charge is 2.26. The van der Waals surface area contributed by atoms with E-state index in [1.165, 1.54) is 25.1 Å². The molecule has 22 heavy (non-hydrogen) atoms. The number of aliphatic hydroxyl groups excluding tert-OH is 1. The molecule has 1 aromatic rings. The average Bonchev–Trinajstić information content (AvgIpc) is 2.51. The Balaban J connectivity index is 1.76.